The Hall–Kier alpha value is -1.97. The van der Waals surface area contributed by atoms with E-state index in [1.807, 2.05) is 30.3 Å². The first kappa shape index (κ1) is 12.1. The van der Waals surface area contributed by atoms with Gasteiger partial charge in [0.05, 0.1) is 6.61 Å². The van der Waals surface area contributed by atoms with Gasteiger partial charge in [-0.3, -0.25) is 0 Å². The molecule has 0 saturated heterocycles. The van der Waals surface area contributed by atoms with E-state index >= 15 is 0 Å². The van der Waals surface area contributed by atoms with Crippen LogP contribution in [0.1, 0.15) is 13.3 Å². The van der Waals surface area contributed by atoms with Gasteiger partial charge in [-0.05, 0) is 24.6 Å². The van der Waals surface area contributed by atoms with Crippen LogP contribution in [0, 0.1) is 0 Å². The molecule has 0 fully saturated rings. The van der Waals surface area contributed by atoms with Crippen LogP contribution in [0.2, 0.25) is 0 Å². The van der Waals surface area contributed by atoms with Gasteiger partial charge in [0, 0.05) is 6.42 Å². The molecule has 16 heavy (non-hydrogen) atoms. The van der Waals surface area contributed by atoms with Crippen LogP contribution in [-0.4, -0.2) is 22.8 Å². The van der Waals surface area contributed by atoms with Crippen molar-refractivity contribution in [3.63, 3.8) is 0 Å². The van der Waals surface area contributed by atoms with E-state index in [-0.39, 0.29) is 0 Å². The average molecular weight is 222 g/mol. The van der Waals surface area contributed by atoms with Crippen LogP contribution < -0.4 is 4.74 Å². The Bertz CT molecular complexity index is 381. The van der Waals surface area contributed by atoms with E-state index in [4.69, 9.17) is 14.9 Å². The molecule has 0 saturated carbocycles. The number of rotatable bonds is 5. The Morgan fingerprint density at radius 3 is 2.44 bits per heavy atom. The molecular weight excluding hydrogens is 208 g/mol. The molecule has 0 amide bonds. The Kier molecular flexibility index (Phi) is 4.39. The minimum absolute atomic E-state index is 0.340. The Balaban J connectivity index is 2.42. The van der Waals surface area contributed by atoms with Gasteiger partial charge < -0.3 is 14.9 Å². The molecule has 0 aliphatic heterocycles. The zero-order valence-electron chi connectivity index (χ0n) is 9.01. The molecular formula is C12H14O4. The maximum atomic E-state index is 10.4. The van der Waals surface area contributed by atoms with Crippen molar-refractivity contribution in [1.29, 1.82) is 0 Å². The molecule has 0 atom stereocenters. The molecule has 0 bridgehead atoms. The summed E-state index contributed by atoms with van der Waals surface area (Å²) < 4.78 is 5.37. The highest BCUT2D eigenvalue weighted by Gasteiger charge is 2.08. The number of carboxylic acids is 1. The second kappa shape index (κ2) is 5.80. The maximum Gasteiger partial charge on any atom is 0.370 e. The van der Waals surface area contributed by atoms with Crippen molar-refractivity contribution in [3.8, 4) is 5.75 Å². The van der Waals surface area contributed by atoms with Crippen molar-refractivity contribution < 1.29 is 19.7 Å². The molecule has 0 radical (unpaired) electrons. The third-order valence-corrected chi connectivity index (χ3v) is 2.10. The fourth-order valence-electron chi connectivity index (χ4n) is 1.14. The first-order chi connectivity index (χ1) is 7.61. The molecule has 0 spiro atoms. The molecule has 0 aliphatic rings. The monoisotopic (exact) mass is 222 g/mol. The van der Waals surface area contributed by atoms with E-state index in [9.17, 15) is 4.79 Å². The molecule has 2 N–H and O–H groups in total. The SMILES string of the molecule is CC(CCOc1ccccc1)=C(O)C(=O)O. The molecule has 0 aliphatic carbocycles. The van der Waals surface area contributed by atoms with Crippen LogP contribution in [0.4, 0.5) is 0 Å². The standard InChI is InChI=1S/C12H14O4/c1-9(11(13)12(14)15)7-8-16-10-5-3-2-4-6-10/h2-6,13H,7-8H2,1H3,(H,14,15). The minimum Gasteiger partial charge on any atom is -0.502 e. The number of para-hydroxylation sites is 1. The lowest BCUT2D eigenvalue weighted by molar-refractivity contribution is -0.135. The highest BCUT2D eigenvalue weighted by molar-refractivity contribution is 5.84. The van der Waals surface area contributed by atoms with E-state index < -0.39 is 11.7 Å². The largest absolute Gasteiger partial charge is 0.502 e. The zero-order valence-corrected chi connectivity index (χ0v) is 9.01. The van der Waals surface area contributed by atoms with Crippen LogP contribution in [0.3, 0.4) is 0 Å². The van der Waals surface area contributed by atoms with Crippen LogP contribution in [0.5, 0.6) is 5.75 Å². The first-order valence-corrected chi connectivity index (χ1v) is 4.91. The number of aliphatic carboxylic acids is 1. The van der Waals surface area contributed by atoms with E-state index in [2.05, 4.69) is 0 Å². The number of carbonyl (C=O) groups is 1. The normalized spacial score (nSPS) is 11.8. The van der Waals surface area contributed by atoms with Gasteiger partial charge in [-0.2, -0.15) is 0 Å². The molecule has 0 unspecified atom stereocenters. The van der Waals surface area contributed by atoms with Crippen molar-refractivity contribution in [2.45, 2.75) is 13.3 Å². The van der Waals surface area contributed by atoms with E-state index in [1.54, 1.807) is 6.92 Å². The van der Waals surface area contributed by atoms with Crippen LogP contribution in [0.15, 0.2) is 41.7 Å². The molecule has 4 nitrogen and oxygen atoms in total. The lowest BCUT2D eigenvalue weighted by atomic mass is 10.2. The Labute approximate surface area is 93.8 Å². The molecule has 0 heterocycles. The topological polar surface area (TPSA) is 66.8 Å². The fourth-order valence-corrected chi connectivity index (χ4v) is 1.14. The van der Waals surface area contributed by atoms with Gasteiger partial charge in [-0.25, -0.2) is 4.79 Å². The summed E-state index contributed by atoms with van der Waals surface area (Å²) in [6.45, 7) is 1.91. The number of carboxylic acid groups (broad SMARTS) is 1. The van der Waals surface area contributed by atoms with Crippen molar-refractivity contribution in [2.75, 3.05) is 6.61 Å². The number of hydrogen-bond acceptors (Lipinski definition) is 3. The van der Waals surface area contributed by atoms with Gasteiger partial charge in [0.15, 0.2) is 0 Å². The quantitative estimate of drug-likeness (QED) is 0.593. The summed E-state index contributed by atoms with van der Waals surface area (Å²) in [6.07, 6.45) is 0.382. The van der Waals surface area contributed by atoms with Gasteiger partial charge in [0.25, 0.3) is 0 Å². The zero-order chi connectivity index (χ0) is 12.0. The van der Waals surface area contributed by atoms with Gasteiger partial charge >= 0.3 is 5.97 Å². The summed E-state index contributed by atoms with van der Waals surface area (Å²) in [4.78, 5) is 10.4. The smallest absolute Gasteiger partial charge is 0.370 e. The molecule has 0 aromatic heterocycles. The second-order valence-electron chi connectivity index (χ2n) is 3.35. The number of ether oxygens (including phenoxy) is 1. The number of aliphatic hydroxyl groups excluding tert-OH is 1. The molecule has 86 valence electrons. The number of aliphatic hydroxyl groups is 1. The van der Waals surface area contributed by atoms with Gasteiger partial charge in [-0.15, -0.1) is 0 Å². The van der Waals surface area contributed by atoms with Crippen LogP contribution in [0.25, 0.3) is 0 Å². The molecule has 1 aromatic carbocycles. The number of benzene rings is 1. The third-order valence-electron chi connectivity index (χ3n) is 2.10. The highest BCUT2D eigenvalue weighted by Crippen LogP contribution is 2.11. The minimum atomic E-state index is -1.31. The van der Waals surface area contributed by atoms with Crippen LogP contribution in [-0.2, 0) is 4.79 Å². The molecule has 1 aromatic rings. The van der Waals surface area contributed by atoms with Crippen molar-refractivity contribution in [2.24, 2.45) is 0 Å². The summed E-state index contributed by atoms with van der Waals surface area (Å²) in [5.41, 5.74) is 0.406. The highest BCUT2D eigenvalue weighted by atomic mass is 16.5. The fraction of sp³-hybridized carbons (Fsp3) is 0.250. The Morgan fingerprint density at radius 2 is 1.88 bits per heavy atom. The van der Waals surface area contributed by atoms with Gasteiger partial charge in [-0.1, -0.05) is 18.2 Å². The number of hydrogen-bond donors (Lipinski definition) is 2. The van der Waals surface area contributed by atoms with Crippen molar-refractivity contribution >= 4 is 5.97 Å². The lowest BCUT2D eigenvalue weighted by Gasteiger charge is -2.06. The molecule has 4 heteroatoms. The summed E-state index contributed by atoms with van der Waals surface area (Å²) in [7, 11) is 0. The van der Waals surface area contributed by atoms with Crippen molar-refractivity contribution in [3.05, 3.63) is 41.7 Å². The van der Waals surface area contributed by atoms with E-state index in [0.717, 1.165) is 5.75 Å². The van der Waals surface area contributed by atoms with Crippen molar-refractivity contribution in [1.82, 2.24) is 0 Å². The predicted molar refractivity (Wildman–Crippen MR) is 59.5 cm³/mol. The second-order valence-corrected chi connectivity index (χ2v) is 3.35. The summed E-state index contributed by atoms with van der Waals surface area (Å²) in [5, 5.41) is 17.6. The Morgan fingerprint density at radius 1 is 1.25 bits per heavy atom. The van der Waals surface area contributed by atoms with E-state index in [1.165, 1.54) is 0 Å². The first-order valence-electron chi connectivity index (χ1n) is 4.91. The van der Waals surface area contributed by atoms with Gasteiger partial charge in [0.1, 0.15) is 5.75 Å². The maximum absolute atomic E-state index is 10.4. The van der Waals surface area contributed by atoms with Crippen LogP contribution >= 0.6 is 0 Å². The average Bonchev–Trinajstić information content (AvgIpc) is 2.29. The predicted octanol–water partition coefficient (Wildman–Crippen LogP) is 2.37. The lowest BCUT2D eigenvalue weighted by Crippen LogP contribution is -2.05. The molecule has 1 rings (SSSR count). The summed E-state index contributed by atoms with van der Waals surface area (Å²) >= 11 is 0. The summed E-state index contributed by atoms with van der Waals surface area (Å²) in [6, 6.07) is 9.22. The van der Waals surface area contributed by atoms with Gasteiger partial charge in [0.2, 0.25) is 5.76 Å². The van der Waals surface area contributed by atoms with E-state index in [0.29, 0.717) is 18.6 Å². The summed E-state index contributed by atoms with van der Waals surface area (Å²) in [5.74, 6) is -1.18. The third kappa shape index (κ3) is 3.65.